The average Bonchev–Trinajstić information content (AvgIpc) is 2.78. The molecule has 0 spiro atoms. The highest BCUT2D eigenvalue weighted by Crippen LogP contribution is 2.09. The van der Waals surface area contributed by atoms with Gasteiger partial charge in [-0.15, -0.1) is 0 Å². The van der Waals surface area contributed by atoms with Gasteiger partial charge in [0.25, 0.3) is 0 Å². The van der Waals surface area contributed by atoms with Crippen molar-refractivity contribution in [2.45, 2.75) is 39.8 Å². The molecule has 1 aromatic rings. The quantitative estimate of drug-likeness (QED) is 0.407. The van der Waals surface area contributed by atoms with Crippen molar-refractivity contribution in [2.75, 3.05) is 39.8 Å². The van der Waals surface area contributed by atoms with E-state index < -0.39 is 24.0 Å². The van der Waals surface area contributed by atoms with Crippen LogP contribution in [0.2, 0.25) is 0 Å². The van der Waals surface area contributed by atoms with Crippen LogP contribution in [0.4, 0.5) is 4.79 Å². The molecule has 2 rings (SSSR count). The molecule has 1 fully saturated rings. The Morgan fingerprint density at radius 3 is 2.33 bits per heavy atom. The third kappa shape index (κ3) is 9.53. The summed E-state index contributed by atoms with van der Waals surface area (Å²) in [6.07, 6.45) is 1.32. The van der Waals surface area contributed by atoms with Crippen molar-refractivity contribution in [1.29, 1.82) is 0 Å². The topological polar surface area (TPSA) is 100 Å². The van der Waals surface area contributed by atoms with Crippen LogP contribution in [0.1, 0.15) is 32.8 Å². The fraction of sp³-hybridized carbons (Fsp3) is 0.542. The predicted molar refractivity (Wildman–Crippen MR) is 125 cm³/mol. The maximum atomic E-state index is 13.0. The number of ether oxygens (including phenoxy) is 2. The monoisotopic (exact) mass is 460 g/mol. The molecule has 0 aromatic heterocycles. The molecule has 1 heterocycles. The highest BCUT2D eigenvalue weighted by Gasteiger charge is 2.26. The van der Waals surface area contributed by atoms with Crippen LogP contribution < -0.4 is 10.6 Å². The number of hydrogen-bond acceptors (Lipinski definition) is 7. The Morgan fingerprint density at radius 2 is 1.73 bits per heavy atom. The van der Waals surface area contributed by atoms with Gasteiger partial charge in [-0.05, 0) is 31.9 Å². The molecular weight excluding hydrogens is 424 g/mol. The van der Waals surface area contributed by atoms with Gasteiger partial charge in [0, 0.05) is 32.4 Å². The van der Waals surface area contributed by atoms with Crippen LogP contribution in [0.5, 0.6) is 0 Å². The zero-order valence-electron chi connectivity index (χ0n) is 20.0. The van der Waals surface area contributed by atoms with Gasteiger partial charge >= 0.3 is 12.1 Å². The molecule has 0 unspecified atom stereocenters. The van der Waals surface area contributed by atoms with Crippen molar-refractivity contribution in [2.24, 2.45) is 5.92 Å². The van der Waals surface area contributed by atoms with Crippen LogP contribution in [0.15, 0.2) is 42.2 Å². The van der Waals surface area contributed by atoms with Crippen LogP contribution in [0.25, 0.3) is 0 Å². The second kappa shape index (κ2) is 13.5. The number of likely N-dealkylation sites (N-methyl/N-ethyl adjacent to an activating group) is 1. The first-order valence-corrected chi connectivity index (χ1v) is 11.4. The van der Waals surface area contributed by atoms with Gasteiger partial charge in [0.2, 0.25) is 5.91 Å². The third-order valence-electron chi connectivity index (χ3n) is 5.13. The number of esters is 1. The molecular formula is C24H36N4O5. The van der Waals surface area contributed by atoms with E-state index in [4.69, 9.17) is 9.47 Å². The highest BCUT2D eigenvalue weighted by molar-refractivity contribution is 5.96. The Bertz CT molecular complexity index is 804. The van der Waals surface area contributed by atoms with Crippen LogP contribution in [-0.4, -0.2) is 73.6 Å². The second-order valence-corrected chi connectivity index (χ2v) is 8.48. The van der Waals surface area contributed by atoms with Gasteiger partial charge in [-0.3, -0.25) is 4.79 Å². The molecule has 0 radical (unpaired) electrons. The Hall–Kier alpha value is -3.07. The van der Waals surface area contributed by atoms with E-state index >= 15 is 0 Å². The zero-order chi connectivity index (χ0) is 24.2. The molecule has 182 valence electrons. The van der Waals surface area contributed by atoms with E-state index in [1.54, 1.807) is 13.1 Å². The first kappa shape index (κ1) is 26.2. The summed E-state index contributed by atoms with van der Waals surface area (Å²) >= 11 is 0. The molecule has 9 nitrogen and oxygen atoms in total. The van der Waals surface area contributed by atoms with Gasteiger partial charge in [-0.1, -0.05) is 44.2 Å². The molecule has 1 aliphatic heterocycles. The summed E-state index contributed by atoms with van der Waals surface area (Å²) in [5.41, 5.74) is 0.900. The molecule has 1 aromatic carbocycles. The van der Waals surface area contributed by atoms with Crippen LogP contribution >= 0.6 is 0 Å². The van der Waals surface area contributed by atoms with Crippen LogP contribution in [0, 0.1) is 5.92 Å². The Kier molecular flexibility index (Phi) is 10.7. The normalized spacial score (nSPS) is 15.7. The number of amides is 2. The number of benzene rings is 1. The number of rotatable bonds is 10. The number of alkyl carbamates (subject to hydrolysis) is 1. The van der Waals surface area contributed by atoms with E-state index in [9.17, 15) is 14.4 Å². The molecule has 0 bridgehead atoms. The molecule has 1 aliphatic rings. The van der Waals surface area contributed by atoms with E-state index in [0.29, 0.717) is 6.42 Å². The number of carbonyl (C=O) groups is 3. The van der Waals surface area contributed by atoms with Crippen LogP contribution in [0.3, 0.4) is 0 Å². The van der Waals surface area contributed by atoms with Crippen molar-refractivity contribution >= 4 is 18.0 Å². The van der Waals surface area contributed by atoms with Gasteiger partial charge in [0.15, 0.2) is 0 Å². The summed E-state index contributed by atoms with van der Waals surface area (Å²) in [6, 6.07) is 8.42. The van der Waals surface area contributed by atoms with E-state index in [0.717, 1.165) is 31.7 Å². The SMILES string of the molecule is CCOC(=O)C(=CN1CCN(C)CC1)NC(=O)[C@H](CC(C)C)NC(=O)OCc1ccccc1. The minimum atomic E-state index is -0.862. The maximum absolute atomic E-state index is 13.0. The lowest BCUT2D eigenvalue weighted by Gasteiger charge is -2.32. The van der Waals surface area contributed by atoms with Gasteiger partial charge in [0.1, 0.15) is 18.3 Å². The smallest absolute Gasteiger partial charge is 0.408 e. The van der Waals surface area contributed by atoms with Crippen molar-refractivity contribution in [3.63, 3.8) is 0 Å². The third-order valence-corrected chi connectivity index (χ3v) is 5.13. The van der Waals surface area contributed by atoms with Crippen molar-refractivity contribution < 1.29 is 23.9 Å². The zero-order valence-corrected chi connectivity index (χ0v) is 20.0. The highest BCUT2D eigenvalue weighted by atomic mass is 16.5. The number of piperazine rings is 1. The van der Waals surface area contributed by atoms with Crippen molar-refractivity contribution in [1.82, 2.24) is 20.4 Å². The average molecular weight is 461 g/mol. The molecule has 33 heavy (non-hydrogen) atoms. The van der Waals surface area contributed by atoms with E-state index in [-0.39, 0.29) is 24.8 Å². The fourth-order valence-corrected chi connectivity index (χ4v) is 3.31. The van der Waals surface area contributed by atoms with Gasteiger partial charge < -0.3 is 29.9 Å². The van der Waals surface area contributed by atoms with E-state index in [2.05, 4.69) is 15.5 Å². The second-order valence-electron chi connectivity index (χ2n) is 8.48. The van der Waals surface area contributed by atoms with Gasteiger partial charge in [0.05, 0.1) is 6.61 Å². The van der Waals surface area contributed by atoms with Gasteiger partial charge in [-0.2, -0.15) is 0 Å². The predicted octanol–water partition coefficient (Wildman–Crippen LogP) is 2.10. The molecule has 1 saturated heterocycles. The van der Waals surface area contributed by atoms with Gasteiger partial charge in [-0.25, -0.2) is 9.59 Å². The van der Waals surface area contributed by atoms with Crippen molar-refractivity contribution in [3.8, 4) is 0 Å². The Balaban J connectivity index is 2.05. The Labute approximate surface area is 196 Å². The summed E-state index contributed by atoms with van der Waals surface area (Å²) in [6.45, 7) is 9.06. The van der Waals surface area contributed by atoms with Crippen LogP contribution in [-0.2, 0) is 25.7 Å². The summed E-state index contributed by atoms with van der Waals surface area (Å²) in [4.78, 5) is 42.1. The standard InChI is InChI=1S/C24H36N4O5/c1-5-32-23(30)21(16-28-13-11-27(4)12-14-28)25-22(29)20(15-18(2)3)26-24(31)33-17-19-9-7-6-8-10-19/h6-10,16,18,20H,5,11-15,17H2,1-4H3,(H,25,29)(H,26,31)/t20-/m0/s1. The summed E-state index contributed by atoms with van der Waals surface area (Å²) in [7, 11) is 2.04. The lowest BCUT2D eigenvalue weighted by atomic mass is 10.0. The van der Waals surface area contributed by atoms with Crippen molar-refractivity contribution in [3.05, 3.63) is 47.8 Å². The first-order chi connectivity index (χ1) is 15.8. The number of carbonyl (C=O) groups excluding carboxylic acids is 3. The summed E-state index contributed by atoms with van der Waals surface area (Å²) < 4.78 is 10.4. The minimum Gasteiger partial charge on any atom is -0.461 e. The number of nitrogens with one attached hydrogen (secondary N) is 2. The number of nitrogens with zero attached hydrogens (tertiary/aromatic N) is 2. The molecule has 2 N–H and O–H groups in total. The first-order valence-electron chi connectivity index (χ1n) is 11.4. The fourth-order valence-electron chi connectivity index (χ4n) is 3.31. The lowest BCUT2D eigenvalue weighted by Crippen LogP contribution is -2.48. The summed E-state index contributed by atoms with van der Waals surface area (Å²) in [5.74, 6) is -0.976. The molecule has 9 heteroatoms. The summed E-state index contributed by atoms with van der Waals surface area (Å²) in [5, 5.41) is 5.30. The minimum absolute atomic E-state index is 0.0552. The molecule has 0 aliphatic carbocycles. The molecule has 1 atom stereocenters. The maximum Gasteiger partial charge on any atom is 0.408 e. The number of hydrogen-bond donors (Lipinski definition) is 2. The van der Waals surface area contributed by atoms with E-state index in [1.165, 1.54) is 0 Å². The Morgan fingerprint density at radius 1 is 1.06 bits per heavy atom. The van der Waals surface area contributed by atoms with E-state index in [1.807, 2.05) is 56.1 Å². The molecule has 2 amide bonds. The lowest BCUT2D eigenvalue weighted by molar-refractivity contribution is -0.140. The largest absolute Gasteiger partial charge is 0.461 e. The molecule has 0 saturated carbocycles.